The van der Waals surface area contributed by atoms with Gasteiger partial charge >= 0.3 is 0 Å². The predicted molar refractivity (Wildman–Crippen MR) is 104 cm³/mol. The highest BCUT2D eigenvalue weighted by molar-refractivity contribution is 9.10. The molecule has 2 aromatic carbocycles. The van der Waals surface area contributed by atoms with E-state index >= 15 is 0 Å². The topological polar surface area (TPSA) is 50.7 Å². The number of halogens is 1. The molecule has 0 aliphatic heterocycles. The quantitative estimate of drug-likeness (QED) is 0.552. The SMILES string of the molecule is COc1ccc(Br)cc1/C=N/NC(=O)C(C)SCc1ccccc1. The van der Waals surface area contributed by atoms with E-state index in [2.05, 4.69) is 38.6 Å². The summed E-state index contributed by atoms with van der Waals surface area (Å²) in [6.07, 6.45) is 1.58. The van der Waals surface area contributed by atoms with Crippen LogP contribution in [0.25, 0.3) is 0 Å². The normalized spacial score (nSPS) is 12.1. The van der Waals surface area contributed by atoms with Gasteiger partial charge in [0.25, 0.3) is 5.91 Å². The van der Waals surface area contributed by atoms with Gasteiger partial charge in [0.05, 0.1) is 18.6 Å². The Morgan fingerprint density at radius 1 is 1.33 bits per heavy atom. The summed E-state index contributed by atoms with van der Waals surface area (Å²) in [6.45, 7) is 1.87. The summed E-state index contributed by atoms with van der Waals surface area (Å²) in [5, 5.41) is 3.84. The number of hydrazone groups is 1. The van der Waals surface area contributed by atoms with Gasteiger partial charge in [-0.1, -0.05) is 46.3 Å². The number of benzene rings is 2. The van der Waals surface area contributed by atoms with Gasteiger partial charge in [-0.2, -0.15) is 5.10 Å². The van der Waals surface area contributed by atoms with E-state index in [0.29, 0.717) is 5.75 Å². The highest BCUT2D eigenvalue weighted by Gasteiger charge is 2.12. The van der Waals surface area contributed by atoms with Gasteiger partial charge in [-0.25, -0.2) is 5.43 Å². The number of amides is 1. The number of ether oxygens (including phenoxy) is 1. The molecule has 126 valence electrons. The Morgan fingerprint density at radius 2 is 2.08 bits per heavy atom. The van der Waals surface area contributed by atoms with Crippen molar-refractivity contribution in [2.45, 2.75) is 17.9 Å². The number of thioether (sulfide) groups is 1. The lowest BCUT2D eigenvalue weighted by atomic mass is 10.2. The van der Waals surface area contributed by atoms with Gasteiger partial charge in [-0.05, 0) is 30.7 Å². The molecule has 1 atom stereocenters. The Kier molecular flexibility index (Phi) is 7.34. The summed E-state index contributed by atoms with van der Waals surface area (Å²) in [6, 6.07) is 15.7. The average molecular weight is 407 g/mol. The van der Waals surface area contributed by atoms with Gasteiger partial charge in [0.2, 0.25) is 0 Å². The number of hydrogen-bond acceptors (Lipinski definition) is 4. The summed E-state index contributed by atoms with van der Waals surface area (Å²) in [4.78, 5) is 12.1. The maximum atomic E-state index is 12.1. The van der Waals surface area contributed by atoms with E-state index in [4.69, 9.17) is 4.74 Å². The van der Waals surface area contributed by atoms with Crippen LogP contribution in [-0.4, -0.2) is 24.5 Å². The van der Waals surface area contributed by atoms with E-state index in [1.165, 1.54) is 5.56 Å². The molecule has 1 amide bonds. The fraction of sp³-hybridized carbons (Fsp3) is 0.222. The van der Waals surface area contributed by atoms with Crippen LogP contribution in [0.1, 0.15) is 18.1 Å². The summed E-state index contributed by atoms with van der Waals surface area (Å²) >= 11 is 4.98. The van der Waals surface area contributed by atoms with Crippen molar-refractivity contribution in [2.24, 2.45) is 5.10 Å². The molecule has 0 radical (unpaired) electrons. The fourth-order valence-corrected chi connectivity index (χ4v) is 3.15. The molecule has 0 aromatic heterocycles. The second-order valence-electron chi connectivity index (χ2n) is 5.06. The highest BCUT2D eigenvalue weighted by Crippen LogP contribution is 2.21. The van der Waals surface area contributed by atoms with Crippen molar-refractivity contribution in [1.82, 2.24) is 5.43 Å². The molecule has 0 saturated heterocycles. The van der Waals surface area contributed by atoms with Gasteiger partial charge in [-0.15, -0.1) is 11.8 Å². The Hall–Kier alpha value is -1.79. The van der Waals surface area contributed by atoms with Crippen molar-refractivity contribution in [2.75, 3.05) is 7.11 Å². The van der Waals surface area contributed by atoms with E-state index in [0.717, 1.165) is 15.8 Å². The lowest BCUT2D eigenvalue weighted by molar-refractivity contribution is -0.120. The Morgan fingerprint density at radius 3 is 2.79 bits per heavy atom. The first kappa shape index (κ1) is 18.5. The standard InChI is InChI=1S/C18H19BrN2O2S/c1-13(24-12-14-6-4-3-5-7-14)18(22)21-20-11-15-10-16(19)8-9-17(15)23-2/h3-11,13H,12H2,1-2H3,(H,21,22)/b20-11+. The second kappa shape index (κ2) is 9.49. The maximum absolute atomic E-state index is 12.1. The summed E-state index contributed by atoms with van der Waals surface area (Å²) in [5.74, 6) is 1.36. The summed E-state index contributed by atoms with van der Waals surface area (Å²) < 4.78 is 6.18. The smallest absolute Gasteiger partial charge is 0.252 e. The maximum Gasteiger partial charge on any atom is 0.252 e. The molecule has 0 aliphatic rings. The van der Waals surface area contributed by atoms with E-state index in [9.17, 15) is 4.79 Å². The third-order valence-corrected chi connectivity index (χ3v) is 4.99. The molecular weight excluding hydrogens is 388 g/mol. The number of hydrogen-bond donors (Lipinski definition) is 1. The fourth-order valence-electron chi connectivity index (χ4n) is 1.93. The van der Waals surface area contributed by atoms with Crippen molar-refractivity contribution in [1.29, 1.82) is 0 Å². The van der Waals surface area contributed by atoms with E-state index in [-0.39, 0.29) is 11.2 Å². The zero-order valence-electron chi connectivity index (χ0n) is 13.5. The third kappa shape index (κ3) is 5.69. The van der Waals surface area contributed by atoms with Gasteiger partial charge in [0.1, 0.15) is 5.75 Å². The molecule has 0 bridgehead atoms. The molecule has 2 aromatic rings. The van der Waals surface area contributed by atoms with Crippen molar-refractivity contribution < 1.29 is 9.53 Å². The van der Waals surface area contributed by atoms with Crippen LogP contribution in [0, 0.1) is 0 Å². The third-order valence-electron chi connectivity index (χ3n) is 3.28. The van der Waals surface area contributed by atoms with E-state index in [1.54, 1.807) is 25.1 Å². The van der Waals surface area contributed by atoms with Gasteiger partial charge in [0.15, 0.2) is 0 Å². The molecule has 2 rings (SSSR count). The van der Waals surface area contributed by atoms with Crippen LogP contribution in [0.2, 0.25) is 0 Å². The number of carbonyl (C=O) groups is 1. The first-order valence-electron chi connectivity index (χ1n) is 7.42. The van der Waals surface area contributed by atoms with Crippen LogP contribution in [0.4, 0.5) is 0 Å². The lowest BCUT2D eigenvalue weighted by Crippen LogP contribution is -2.27. The minimum Gasteiger partial charge on any atom is -0.496 e. The molecule has 6 heteroatoms. The van der Waals surface area contributed by atoms with Crippen LogP contribution in [0.3, 0.4) is 0 Å². The van der Waals surface area contributed by atoms with Crippen LogP contribution in [0.5, 0.6) is 5.75 Å². The zero-order valence-corrected chi connectivity index (χ0v) is 15.9. The highest BCUT2D eigenvalue weighted by atomic mass is 79.9. The number of nitrogens with one attached hydrogen (secondary N) is 1. The molecule has 24 heavy (non-hydrogen) atoms. The Balaban J connectivity index is 1.87. The molecule has 0 spiro atoms. The Labute approximate surface area is 154 Å². The van der Waals surface area contributed by atoms with Crippen molar-refractivity contribution in [3.8, 4) is 5.75 Å². The molecule has 1 N–H and O–H groups in total. The number of rotatable bonds is 7. The minimum atomic E-state index is -0.188. The van der Waals surface area contributed by atoms with Crippen molar-refractivity contribution in [3.05, 3.63) is 64.1 Å². The zero-order chi connectivity index (χ0) is 17.4. The average Bonchev–Trinajstić information content (AvgIpc) is 2.60. The molecule has 0 heterocycles. The summed E-state index contributed by atoms with van der Waals surface area (Å²) in [5.41, 5.74) is 4.56. The largest absolute Gasteiger partial charge is 0.496 e. The van der Waals surface area contributed by atoms with Gasteiger partial charge < -0.3 is 4.74 Å². The molecule has 4 nitrogen and oxygen atoms in total. The minimum absolute atomic E-state index is 0.124. The van der Waals surface area contributed by atoms with E-state index in [1.807, 2.05) is 43.3 Å². The van der Waals surface area contributed by atoms with Gasteiger partial charge in [-0.3, -0.25) is 4.79 Å². The monoisotopic (exact) mass is 406 g/mol. The first-order chi connectivity index (χ1) is 11.6. The van der Waals surface area contributed by atoms with Crippen LogP contribution < -0.4 is 10.2 Å². The summed E-state index contributed by atoms with van der Waals surface area (Å²) in [7, 11) is 1.60. The van der Waals surface area contributed by atoms with Crippen LogP contribution in [-0.2, 0) is 10.5 Å². The second-order valence-corrected chi connectivity index (χ2v) is 7.30. The van der Waals surface area contributed by atoms with E-state index < -0.39 is 0 Å². The Bertz CT molecular complexity index is 707. The molecule has 0 saturated carbocycles. The number of methoxy groups -OCH3 is 1. The van der Waals surface area contributed by atoms with Gasteiger partial charge in [0, 0.05) is 15.8 Å². The molecule has 1 unspecified atom stereocenters. The van der Waals surface area contributed by atoms with Crippen LogP contribution >= 0.6 is 27.7 Å². The van der Waals surface area contributed by atoms with Crippen LogP contribution in [0.15, 0.2) is 58.1 Å². The molecular formula is C18H19BrN2O2S. The number of carbonyl (C=O) groups excluding carboxylic acids is 1. The predicted octanol–water partition coefficient (Wildman–Crippen LogP) is 4.23. The number of nitrogens with zero attached hydrogens (tertiary/aromatic N) is 1. The lowest BCUT2D eigenvalue weighted by Gasteiger charge is -2.09. The van der Waals surface area contributed by atoms with Crippen molar-refractivity contribution >= 4 is 39.8 Å². The first-order valence-corrected chi connectivity index (χ1v) is 9.26. The molecule has 0 fully saturated rings. The molecule has 0 aliphatic carbocycles. The van der Waals surface area contributed by atoms with Crippen molar-refractivity contribution in [3.63, 3.8) is 0 Å².